The third-order valence-corrected chi connectivity index (χ3v) is 3.49. The van der Waals surface area contributed by atoms with Crippen molar-refractivity contribution in [2.24, 2.45) is 0 Å². The summed E-state index contributed by atoms with van der Waals surface area (Å²) in [6, 6.07) is 9.14. The minimum atomic E-state index is -1.24. The largest absolute Gasteiger partial charge is 0.507 e. The van der Waals surface area contributed by atoms with Gasteiger partial charge in [0.2, 0.25) is 5.91 Å². The van der Waals surface area contributed by atoms with Gasteiger partial charge in [-0.3, -0.25) is 4.79 Å². The Kier molecular flexibility index (Phi) is 4.56. The van der Waals surface area contributed by atoms with Crippen molar-refractivity contribution < 1.29 is 29.3 Å². The molecule has 1 amide bonds. The van der Waals surface area contributed by atoms with Gasteiger partial charge in [0.1, 0.15) is 24.5 Å². The number of benzene rings is 2. The zero-order chi connectivity index (χ0) is 17.8. The van der Waals surface area contributed by atoms with Crippen LogP contribution in [0.5, 0.6) is 17.2 Å². The molecule has 2 aromatic carbocycles. The summed E-state index contributed by atoms with van der Waals surface area (Å²) in [6.45, 7) is 0.995. The van der Waals surface area contributed by atoms with Gasteiger partial charge in [-0.15, -0.1) is 0 Å². The molecule has 2 aromatic rings. The molecule has 0 radical (unpaired) electrons. The van der Waals surface area contributed by atoms with Gasteiger partial charge in [0, 0.05) is 17.8 Å². The molecule has 0 unspecified atom stereocenters. The summed E-state index contributed by atoms with van der Waals surface area (Å²) in [5.41, 5.74) is 0.826. The Balaban J connectivity index is 1.67. The van der Waals surface area contributed by atoms with Crippen molar-refractivity contribution in [1.82, 2.24) is 0 Å². The van der Waals surface area contributed by atoms with Crippen molar-refractivity contribution in [2.45, 2.75) is 0 Å². The number of ether oxygens (including phenoxy) is 2. The zero-order valence-electron chi connectivity index (χ0n) is 13.1. The van der Waals surface area contributed by atoms with Crippen LogP contribution >= 0.6 is 0 Å². The molecule has 0 atom stereocenters. The fourth-order valence-corrected chi connectivity index (χ4v) is 2.31. The monoisotopic (exact) mass is 341 g/mol. The second-order valence-corrected chi connectivity index (χ2v) is 5.26. The molecule has 0 aliphatic carbocycles. The number of anilines is 1. The molecule has 1 heterocycles. The Hall–Kier alpha value is -3.48. The standard InChI is InChI=1S/C18H15NO6/c20-14-10-12(3-4-13(14)18(22)23)19-17(21)6-2-11-1-5-15-16(9-11)25-8-7-24-15/h1-6,9-10,20H,7-8H2,(H,19,21)(H,22,23). The van der Waals surface area contributed by atoms with Crippen LogP contribution in [0, 0.1) is 0 Å². The number of carbonyl (C=O) groups excluding carboxylic acids is 1. The predicted octanol–water partition coefficient (Wildman–Crippen LogP) is 2.51. The van der Waals surface area contributed by atoms with E-state index < -0.39 is 17.6 Å². The lowest BCUT2D eigenvalue weighted by atomic mass is 10.1. The van der Waals surface area contributed by atoms with Gasteiger partial charge in [-0.1, -0.05) is 6.07 Å². The quantitative estimate of drug-likeness (QED) is 0.738. The lowest BCUT2D eigenvalue weighted by molar-refractivity contribution is -0.111. The highest BCUT2D eigenvalue weighted by Gasteiger charge is 2.12. The lowest BCUT2D eigenvalue weighted by Gasteiger charge is -2.18. The van der Waals surface area contributed by atoms with Gasteiger partial charge in [-0.25, -0.2) is 4.79 Å². The molecule has 0 bridgehead atoms. The number of rotatable bonds is 4. The van der Waals surface area contributed by atoms with E-state index in [4.69, 9.17) is 14.6 Å². The summed E-state index contributed by atoms with van der Waals surface area (Å²) in [6.07, 6.45) is 2.94. The summed E-state index contributed by atoms with van der Waals surface area (Å²) < 4.78 is 10.9. The van der Waals surface area contributed by atoms with E-state index in [0.717, 1.165) is 5.56 Å². The maximum atomic E-state index is 12.0. The molecule has 25 heavy (non-hydrogen) atoms. The molecule has 1 aliphatic heterocycles. The maximum Gasteiger partial charge on any atom is 0.339 e. The fourth-order valence-electron chi connectivity index (χ4n) is 2.31. The highest BCUT2D eigenvalue weighted by Crippen LogP contribution is 2.31. The van der Waals surface area contributed by atoms with Crippen molar-refractivity contribution in [2.75, 3.05) is 18.5 Å². The van der Waals surface area contributed by atoms with Gasteiger partial charge in [0.25, 0.3) is 0 Å². The van der Waals surface area contributed by atoms with Crippen LogP contribution in [-0.4, -0.2) is 35.3 Å². The number of carbonyl (C=O) groups is 2. The van der Waals surface area contributed by atoms with E-state index in [2.05, 4.69) is 5.32 Å². The van der Waals surface area contributed by atoms with Gasteiger partial charge < -0.3 is 25.0 Å². The number of fused-ring (bicyclic) bond motifs is 1. The fraction of sp³-hybridized carbons (Fsp3) is 0.111. The second kappa shape index (κ2) is 6.96. The molecule has 3 rings (SSSR count). The van der Waals surface area contributed by atoms with Crippen molar-refractivity contribution in [3.8, 4) is 17.2 Å². The number of carboxylic acid groups (broad SMARTS) is 1. The van der Waals surface area contributed by atoms with E-state index in [0.29, 0.717) is 30.4 Å². The molecule has 0 aromatic heterocycles. The number of aromatic hydroxyl groups is 1. The van der Waals surface area contributed by atoms with Crippen LogP contribution in [0.4, 0.5) is 5.69 Å². The summed E-state index contributed by atoms with van der Waals surface area (Å²) in [4.78, 5) is 22.8. The van der Waals surface area contributed by atoms with E-state index >= 15 is 0 Å². The van der Waals surface area contributed by atoms with Crippen molar-refractivity contribution in [1.29, 1.82) is 0 Å². The van der Waals surface area contributed by atoms with Crippen LogP contribution in [0.1, 0.15) is 15.9 Å². The van der Waals surface area contributed by atoms with E-state index in [-0.39, 0.29) is 5.56 Å². The molecule has 7 nitrogen and oxygen atoms in total. The minimum absolute atomic E-state index is 0.232. The van der Waals surface area contributed by atoms with Crippen LogP contribution in [0.3, 0.4) is 0 Å². The predicted molar refractivity (Wildman–Crippen MR) is 90.2 cm³/mol. The van der Waals surface area contributed by atoms with E-state index in [1.165, 1.54) is 24.3 Å². The van der Waals surface area contributed by atoms with Crippen LogP contribution in [-0.2, 0) is 4.79 Å². The molecule has 1 aliphatic rings. The maximum absolute atomic E-state index is 12.0. The summed E-state index contributed by atoms with van der Waals surface area (Å²) in [7, 11) is 0. The molecule has 3 N–H and O–H groups in total. The van der Waals surface area contributed by atoms with Gasteiger partial charge in [0.15, 0.2) is 11.5 Å². The molecule has 128 valence electrons. The third-order valence-electron chi connectivity index (χ3n) is 3.49. The Morgan fingerprint density at radius 3 is 2.52 bits per heavy atom. The van der Waals surface area contributed by atoms with Gasteiger partial charge >= 0.3 is 5.97 Å². The Morgan fingerprint density at radius 1 is 1.04 bits per heavy atom. The van der Waals surface area contributed by atoms with Crippen LogP contribution in [0.2, 0.25) is 0 Å². The number of hydrogen-bond donors (Lipinski definition) is 3. The van der Waals surface area contributed by atoms with Crippen molar-refractivity contribution >= 4 is 23.6 Å². The van der Waals surface area contributed by atoms with Crippen molar-refractivity contribution in [3.63, 3.8) is 0 Å². The number of hydrogen-bond acceptors (Lipinski definition) is 5. The number of phenols is 1. The zero-order valence-corrected chi connectivity index (χ0v) is 13.1. The van der Waals surface area contributed by atoms with E-state index in [1.807, 2.05) is 0 Å². The first-order valence-corrected chi connectivity index (χ1v) is 7.48. The first-order chi connectivity index (χ1) is 12.0. The highest BCUT2D eigenvalue weighted by molar-refractivity contribution is 6.02. The lowest BCUT2D eigenvalue weighted by Crippen LogP contribution is -2.15. The first kappa shape index (κ1) is 16.4. The number of amides is 1. The van der Waals surface area contributed by atoms with Crippen LogP contribution < -0.4 is 14.8 Å². The Bertz CT molecular complexity index is 859. The van der Waals surface area contributed by atoms with Gasteiger partial charge in [0.05, 0.1) is 0 Å². The number of aromatic carboxylic acids is 1. The minimum Gasteiger partial charge on any atom is -0.507 e. The highest BCUT2D eigenvalue weighted by atomic mass is 16.6. The average molecular weight is 341 g/mol. The molecule has 0 spiro atoms. The van der Waals surface area contributed by atoms with Gasteiger partial charge in [-0.05, 0) is 35.9 Å². The smallest absolute Gasteiger partial charge is 0.339 e. The first-order valence-electron chi connectivity index (χ1n) is 7.48. The third kappa shape index (κ3) is 3.89. The van der Waals surface area contributed by atoms with Crippen LogP contribution in [0.25, 0.3) is 6.08 Å². The van der Waals surface area contributed by atoms with E-state index in [1.54, 1.807) is 24.3 Å². The van der Waals surface area contributed by atoms with E-state index in [9.17, 15) is 14.7 Å². The Morgan fingerprint density at radius 2 is 1.80 bits per heavy atom. The molecule has 0 fully saturated rings. The van der Waals surface area contributed by atoms with Gasteiger partial charge in [-0.2, -0.15) is 0 Å². The normalized spacial score (nSPS) is 12.8. The summed E-state index contributed by atoms with van der Waals surface area (Å²) in [5, 5.41) is 21.0. The molecule has 0 saturated heterocycles. The average Bonchev–Trinajstić information content (AvgIpc) is 2.59. The summed E-state index contributed by atoms with van der Waals surface area (Å²) >= 11 is 0. The molecule has 7 heteroatoms. The topological polar surface area (TPSA) is 105 Å². The number of nitrogens with one attached hydrogen (secondary N) is 1. The number of carboxylic acids is 1. The molecular formula is C18H15NO6. The van der Waals surface area contributed by atoms with Crippen LogP contribution in [0.15, 0.2) is 42.5 Å². The molecule has 0 saturated carbocycles. The molecular weight excluding hydrogens is 326 g/mol. The summed E-state index contributed by atoms with van der Waals surface area (Å²) in [5.74, 6) is -0.780. The van der Waals surface area contributed by atoms with Crippen molar-refractivity contribution in [3.05, 3.63) is 53.6 Å². The second-order valence-electron chi connectivity index (χ2n) is 5.26. The SMILES string of the molecule is O=C(C=Cc1ccc2c(c1)OCCO2)Nc1ccc(C(=O)O)c(O)c1. The Labute approximate surface area is 143 Å².